The Morgan fingerprint density at radius 2 is 1.81 bits per heavy atom. The maximum absolute atomic E-state index is 12.9. The van der Waals surface area contributed by atoms with E-state index in [-0.39, 0.29) is 11.8 Å². The zero-order chi connectivity index (χ0) is 30.5. The van der Waals surface area contributed by atoms with Crippen LogP contribution >= 0.6 is 22.9 Å². The molecule has 5 rings (SSSR count). The molecule has 2 N–H and O–H groups in total. The summed E-state index contributed by atoms with van der Waals surface area (Å²) in [5.74, 6) is 1.83. The normalized spacial score (nSPS) is 12.9. The number of hydrogen-bond acceptors (Lipinski definition) is 10. The number of anilines is 4. The highest BCUT2D eigenvalue weighted by Crippen LogP contribution is 2.35. The minimum absolute atomic E-state index is 0.0747. The number of aryl methyl sites for hydroxylation is 1. The number of nitrogens with zero attached hydrogens (tertiary/aromatic N) is 5. The number of amides is 2. The first-order chi connectivity index (χ1) is 20.8. The number of piperazine rings is 1. The van der Waals surface area contributed by atoms with Crippen molar-refractivity contribution in [3.8, 4) is 22.8 Å². The van der Waals surface area contributed by atoms with Gasteiger partial charge in [0, 0.05) is 37.9 Å². The molecule has 0 saturated carbocycles. The Labute approximate surface area is 258 Å². The number of nitrogens with one attached hydrogen (secondary N) is 2. The van der Waals surface area contributed by atoms with Crippen molar-refractivity contribution < 1.29 is 19.1 Å². The maximum atomic E-state index is 12.9. The monoisotopic (exact) mass is 619 g/mol. The maximum Gasteiger partial charge on any atom is 0.267 e. The van der Waals surface area contributed by atoms with Gasteiger partial charge >= 0.3 is 0 Å². The van der Waals surface area contributed by atoms with E-state index in [1.54, 1.807) is 37.4 Å². The molecule has 0 aliphatic carbocycles. The topological polar surface area (TPSA) is 122 Å². The van der Waals surface area contributed by atoms with Crippen LogP contribution in [-0.2, 0) is 4.79 Å². The van der Waals surface area contributed by atoms with E-state index >= 15 is 0 Å². The molecular weight excluding hydrogens is 590 g/mol. The van der Waals surface area contributed by atoms with Crippen LogP contribution in [0.3, 0.4) is 0 Å². The van der Waals surface area contributed by atoms with E-state index in [0.29, 0.717) is 75.7 Å². The lowest BCUT2D eigenvalue weighted by molar-refractivity contribution is -0.126. The molecule has 0 radical (unpaired) electrons. The number of rotatable bonds is 9. The van der Waals surface area contributed by atoms with E-state index in [1.807, 2.05) is 31.2 Å². The van der Waals surface area contributed by atoms with Crippen LogP contribution in [0.15, 0.2) is 61.4 Å². The number of ether oxygens (including phenoxy) is 2. The van der Waals surface area contributed by atoms with Crippen molar-refractivity contribution >= 4 is 57.2 Å². The Morgan fingerprint density at radius 3 is 2.51 bits per heavy atom. The van der Waals surface area contributed by atoms with Gasteiger partial charge in [-0.3, -0.25) is 9.59 Å². The third kappa shape index (κ3) is 6.55. The summed E-state index contributed by atoms with van der Waals surface area (Å²) in [6.07, 6.45) is 4.56. The summed E-state index contributed by atoms with van der Waals surface area (Å²) in [6, 6.07) is 10.9. The highest BCUT2D eigenvalue weighted by molar-refractivity contribution is 7.17. The van der Waals surface area contributed by atoms with Gasteiger partial charge in [-0.2, -0.15) is 0 Å². The van der Waals surface area contributed by atoms with Gasteiger partial charge in [-0.1, -0.05) is 41.6 Å². The second-order valence-corrected chi connectivity index (χ2v) is 11.0. The van der Waals surface area contributed by atoms with Gasteiger partial charge in [0.1, 0.15) is 4.88 Å². The number of aromatic nitrogens is 3. The van der Waals surface area contributed by atoms with Gasteiger partial charge in [-0.05, 0) is 42.8 Å². The third-order valence-corrected chi connectivity index (χ3v) is 8.13. The molecule has 43 heavy (non-hydrogen) atoms. The van der Waals surface area contributed by atoms with Crippen LogP contribution in [0.5, 0.6) is 11.5 Å². The Morgan fingerprint density at radius 1 is 1.05 bits per heavy atom. The smallest absolute Gasteiger partial charge is 0.267 e. The standard InChI is InChI=1S/C30H30ClN7O4S/c1-5-25(39)37-11-13-38(14-12-37)28-23(42-4)15-19(16-32-28)21-9-10-22(41-3)27(34-21)36-30-33-17-24(43-30)29(40)35-26-18(2)7-6-8-20(26)31/h5-10,15-17H,1,11-14H2,2-4H3,(H,35,40)(H,33,34,36). The first-order valence-electron chi connectivity index (χ1n) is 13.4. The Bertz CT molecular complexity index is 1650. The number of carbonyl (C=O) groups excluding carboxylic acids is 2. The number of carbonyl (C=O) groups is 2. The summed E-state index contributed by atoms with van der Waals surface area (Å²) in [6.45, 7) is 7.85. The molecule has 4 aromatic rings. The largest absolute Gasteiger partial charge is 0.493 e. The lowest BCUT2D eigenvalue weighted by atomic mass is 10.1. The number of thiazole rings is 1. The lowest BCUT2D eigenvalue weighted by Crippen LogP contribution is -2.48. The molecule has 3 aromatic heterocycles. The number of para-hydroxylation sites is 1. The Balaban J connectivity index is 1.33. The average molecular weight is 620 g/mol. The van der Waals surface area contributed by atoms with Gasteiger partial charge in [0.05, 0.1) is 36.8 Å². The van der Waals surface area contributed by atoms with E-state index in [9.17, 15) is 9.59 Å². The molecule has 1 fully saturated rings. The summed E-state index contributed by atoms with van der Waals surface area (Å²) in [7, 11) is 3.15. The Hall–Kier alpha value is -4.68. The second-order valence-electron chi connectivity index (χ2n) is 9.55. The van der Waals surface area contributed by atoms with E-state index in [2.05, 4.69) is 32.1 Å². The summed E-state index contributed by atoms with van der Waals surface area (Å²) < 4.78 is 11.2. The van der Waals surface area contributed by atoms with Crippen LogP contribution in [0.2, 0.25) is 5.02 Å². The zero-order valence-electron chi connectivity index (χ0n) is 23.9. The van der Waals surface area contributed by atoms with Crippen LogP contribution in [0.25, 0.3) is 11.3 Å². The SMILES string of the molecule is C=CC(=O)N1CCN(c2ncc(-c3ccc(OC)c(Nc4ncc(C(=O)Nc5c(C)cccc5Cl)s4)n3)cc2OC)CC1. The van der Waals surface area contributed by atoms with Crippen molar-refractivity contribution in [1.29, 1.82) is 0 Å². The van der Waals surface area contributed by atoms with Gasteiger partial charge < -0.3 is 29.9 Å². The zero-order valence-corrected chi connectivity index (χ0v) is 25.5. The van der Waals surface area contributed by atoms with Crippen LogP contribution in [-0.4, -0.2) is 72.1 Å². The molecule has 13 heteroatoms. The van der Waals surface area contributed by atoms with Crippen molar-refractivity contribution in [3.05, 3.63) is 76.9 Å². The molecule has 0 spiro atoms. The highest BCUT2D eigenvalue weighted by atomic mass is 35.5. The van der Waals surface area contributed by atoms with Crippen LogP contribution in [0.4, 0.5) is 22.5 Å². The minimum atomic E-state index is -0.317. The fourth-order valence-electron chi connectivity index (χ4n) is 4.60. The molecule has 2 amide bonds. The molecule has 1 aliphatic rings. The number of methoxy groups -OCH3 is 2. The molecule has 222 valence electrons. The van der Waals surface area contributed by atoms with E-state index in [1.165, 1.54) is 23.6 Å². The fraction of sp³-hybridized carbons (Fsp3) is 0.233. The summed E-state index contributed by atoms with van der Waals surface area (Å²) >= 11 is 7.44. The molecule has 1 aromatic carbocycles. The molecule has 0 unspecified atom stereocenters. The molecule has 0 atom stereocenters. The van der Waals surface area contributed by atoms with Gasteiger partial charge in [0.25, 0.3) is 5.91 Å². The molecular formula is C30H30ClN7O4S. The van der Waals surface area contributed by atoms with Gasteiger partial charge in [-0.15, -0.1) is 0 Å². The van der Waals surface area contributed by atoms with E-state index < -0.39 is 0 Å². The molecule has 0 bridgehead atoms. The predicted molar refractivity (Wildman–Crippen MR) is 169 cm³/mol. The van der Waals surface area contributed by atoms with Crippen molar-refractivity contribution in [2.45, 2.75) is 6.92 Å². The number of pyridine rings is 2. The number of benzene rings is 1. The first kappa shape index (κ1) is 29.8. The van der Waals surface area contributed by atoms with Gasteiger partial charge in [0.15, 0.2) is 28.3 Å². The van der Waals surface area contributed by atoms with Gasteiger partial charge in [-0.25, -0.2) is 15.0 Å². The van der Waals surface area contributed by atoms with Crippen LogP contribution in [0, 0.1) is 6.92 Å². The molecule has 11 nitrogen and oxygen atoms in total. The third-order valence-electron chi connectivity index (χ3n) is 6.91. The minimum Gasteiger partial charge on any atom is -0.493 e. The lowest BCUT2D eigenvalue weighted by Gasteiger charge is -2.35. The number of halogens is 1. The predicted octanol–water partition coefficient (Wildman–Crippen LogP) is 5.41. The van der Waals surface area contributed by atoms with Crippen molar-refractivity contribution in [2.75, 3.05) is 55.9 Å². The fourth-order valence-corrected chi connectivity index (χ4v) is 5.58. The van der Waals surface area contributed by atoms with Gasteiger partial charge in [0.2, 0.25) is 5.91 Å². The summed E-state index contributed by atoms with van der Waals surface area (Å²) in [4.78, 5) is 42.9. The van der Waals surface area contributed by atoms with Crippen molar-refractivity contribution in [1.82, 2.24) is 19.9 Å². The van der Waals surface area contributed by atoms with Crippen LogP contribution in [0.1, 0.15) is 15.2 Å². The van der Waals surface area contributed by atoms with Crippen molar-refractivity contribution in [3.63, 3.8) is 0 Å². The number of hydrogen-bond donors (Lipinski definition) is 2. The molecule has 1 saturated heterocycles. The average Bonchev–Trinajstić information content (AvgIpc) is 3.51. The first-order valence-corrected chi connectivity index (χ1v) is 14.6. The second kappa shape index (κ2) is 13.1. The van der Waals surface area contributed by atoms with E-state index in [4.69, 9.17) is 26.1 Å². The van der Waals surface area contributed by atoms with Crippen molar-refractivity contribution in [2.24, 2.45) is 0 Å². The quantitative estimate of drug-likeness (QED) is 0.237. The van der Waals surface area contributed by atoms with E-state index in [0.717, 1.165) is 11.1 Å². The molecule has 4 heterocycles. The summed E-state index contributed by atoms with van der Waals surface area (Å²) in [5, 5.41) is 6.96. The van der Waals surface area contributed by atoms with Crippen LogP contribution < -0.4 is 25.0 Å². The summed E-state index contributed by atoms with van der Waals surface area (Å²) in [5.41, 5.74) is 2.79. The highest BCUT2D eigenvalue weighted by Gasteiger charge is 2.23. The molecule has 1 aliphatic heterocycles. The Kier molecular flexibility index (Phi) is 9.07.